The standard InChI is InChI=1S/C13H14N2/c14-9-15-6-5-11-8-12(15)7-10-3-1-2-4-13(10)11/h1-4,11-12H,5-8H2/t11-,12-/m1/s1. The van der Waals surface area contributed by atoms with Crippen LogP contribution in [-0.4, -0.2) is 17.5 Å². The average molecular weight is 198 g/mol. The van der Waals surface area contributed by atoms with Gasteiger partial charge in [0.1, 0.15) is 0 Å². The predicted octanol–water partition coefficient (Wildman–Crippen LogP) is 2.27. The summed E-state index contributed by atoms with van der Waals surface area (Å²) in [7, 11) is 0. The van der Waals surface area contributed by atoms with E-state index < -0.39 is 0 Å². The highest BCUT2D eigenvalue weighted by Crippen LogP contribution is 2.39. The molecular formula is C13H14N2. The molecule has 76 valence electrons. The lowest BCUT2D eigenvalue weighted by molar-refractivity contribution is 0.190. The molecule has 3 rings (SSSR count). The second-order valence-corrected chi connectivity index (χ2v) is 4.57. The Labute approximate surface area is 90.1 Å². The van der Waals surface area contributed by atoms with Gasteiger partial charge in [0.05, 0.1) is 0 Å². The summed E-state index contributed by atoms with van der Waals surface area (Å²) in [6, 6.07) is 9.18. The molecule has 15 heavy (non-hydrogen) atoms. The minimum atomic E-state index is 0.462. The van der Waals surface area contributed by atoms with E-state index in [0.29, 0.717) is 12.0 Å². The fourth-order valence-electron chi connectivity index (χ4n) is 3.03. The number of likely N-dealkylation sites (tertiary alicyclic amines) is 1. The topological polar surface area (TPSA) is 27.0 Å². The number of benzene rings is 1. The van der Waals surface area contributed by atoms with E-state index >= 15 is 0 Å². The van der Waals surface area contributed by atoms with Crippen molar-refractivity contribution in [3.63, 3.8) is 0 Å². The first-order valence-corrected chi connectivity index (χ1v) is 5.62. The first kappa shape index (κ1) is 8.79. The molecule has 0 radical (unpaired) electrons. The monoisotopic (exact) mass is 198 g/mol. The van der Waals surface area contributed by atoms with Crippen LogP contribution in [0.25, 0.3) is 0 Å². The van der Waals surface area contributed by atoms with Crippen molar-refractivity contribution in [1.29, 1.82) is 5.26 Å². The van der Waals surface area contributed by atoms with E-state index in [-0.39, 0.29) is 0 Å². The molecule has 0 aromatic heterocycles. The lowest BCUT2D eigenvalue weighted by Crippen LogP contribution is -2.43. The molecule has 2 heteroatoms. The fraction of sp³-hybridized carbons (Fsp3) is 0.462. The number of hydrogen-bond acceptors (Lipinski definition) is 2. The van der Waals surface area contributed by atoms with Gasteiger partial charge in [-0.3, -0.25) is 0 Å². The highest BCUT2D eigenvalue weighted by molar-refractivity contribution is 5.35. The van der Waals surface area contributed by atoms with Gasteiger partial charge in [0.25, 0.3) is 0 Å². The third kappa shape index (κ3) is 1.31. The van der Waals surface area contributed by atoms with E-state index in [2.05, 4.69) is 30.5 Å². The van der Waals surface area contributed by atoms with Crippen LogP contribution in [0.1, 0.15) is 29.9 Å². The van der Waals surface area contributed by atoms with E-state index in [1.807, 2.05) is 4.90 Å². The van der Waals surface area contributed by atoms with Crippen molar-refractivity contribution in [3.05, 3.63) is 35.4 Å². The Morgan fingerprint density at radius 1 is 1.33 bits per heavy atom. The van der Waals surface area contributed by atoms with Gasteiger partial charge < -0.3 is 4.90 Å². The lowest BCUT2D eigenvalue weighted by Gasteiger charge is -2.41. The summed E-state index contributed by atoms with van der Waals surface area (Å²) in [5.41, 5.74) is 2.99. The molecule has 1 saturated heterocycles. The Balaban J connectivity index is 1.99. The van der Waals surface area contributed by atoms with E-state index in [4.69, 9.17) is 5.26 Å². The van der Waals surface area contributed by atoms with Crippen molar-refractivity contribution >= 4 is 0 Å². The Bertz CT molecular complexity index is 419. The first-order valence-electron chi connectivity index (χ1n) is 5.62. The molecule has 2 aliphatic rings. The van der Waals surface area contributed by atoms with E-state index in [0.717, 1.165) is 19.4 Å². The summed E-state index contributed by atoms with van der Waals surface area (Å²) in [4.78, 5) is 1.96. The summed E-state index contributed by atoms with van der Waals surface area (Å²) < 4.78 is 0. The van der Waals surface area contributed by atoms with E-state index in [1.165, 1.54) is 17.5 Å². The number of rotatable bonds is 0. The Morgan fingerprint density at radius 2 is 2.20 bits per heavy atom. The molecule has 0 saturated carbocycles. The van der Waals surface area contributed by atoms with Crippen LogP contribution < -0.4 is 0 Å². The second kappa shape index (κ2) is 3.27. The molecular weight excluding hydrogens is 184 g/mol. The van der Waals surface area contributed by atoms with Crippen molar-refractivity contribution in [2.24, 2.45) is 0 Å². The van der Waals surface area contributed by atoms with Crippen molar-refractivity contribution < 1.29 is 0 Å². The van der Waals surface area contributed by atoms with Crippen LogP contribution in [0.2, 0.25) is 0 Å². The van der Waals surface area contributed by atoms with Crippen LogP contribution >= 0.6 is 0 Å². The highest BCUT2D eigenvalue weighted by atomic mass is 15.2. The maximum absolute atomic E-state index is 9.03. The Hall–Kier alpha value is -1.49. The number of piperidine rings is 1. The smallest absolute Gasteiger partial charge is 0.179 e. The van der Waals surface area contributed by atoms with E-state index in [9.17, 15) is 0 Å². The molecule has 0 spiro atoms. The molecule has 0 amide bonds. The number of fused-ring (bicyclic) bond motifs is 4. The van der Waals surface area contributed by atoms with Crippen molar-refractivity contribution in [3.8, 4) is 6.19 Å². The molecule has 1 aromatic carbocycles. The van der Waals surface area contributed by atoms with Gasteiger partial charge in [-0.05, 0) is 36.3 Å². The SMILES string of the molecule is N#CN1CC[C@@H]2C[C@H]1Cc1ccccc12. The zero-order chi connectivity index (χ0) is 10.3. The van der Waals surface area contributed by atoms with Gasteiger partial charge in [-0.1, -0.05) is 24.3 Å². The molecule has 1 aliphatic carbocycles. The van der Waals surface area contributed by atoms with Gasteiger partial charge in [-0.2, -0.15) is 5.26 Å². The molecule has 2 bridgehead atoms. The predicted molar refractivity (Wildman–Crippen MR) is 58.2 cm³/mol. The quantitative estimate of drug-likeness (QED) is 0.598. The summed E-state index contributed by atoms with van der Waals surface area (Å²) >= 11 is 0. The molecule has 2 atom stereocenters. The maximum Gasteiger partial charge on any atom is 0.179 e. The Morgan fingerprint density at radius 3 is 3.07 bits per heavy atom. The number of nitrogens with zero attached hydrogens (tertiary/aromatic N) is 2. The second-order valence-electron chi connectivity index (χ2n) is 4.57. The molecule has 0 N–H and O–H groups in total. The fourth-order valence-corrected chi connectivity index (χ4v) is 3.03. The summed E-state index contributed by atoms with van der Waals surface area (Å²) in [6.45, 7) is 0.945. The molecule has 1 heterocycles. The molecule has 2 nitrogen and oxygen atoms in total. The van der Waals surface area contributed by atoms with Crippen LogP contribution in [0, 0.1) is 11.5 Å². The number of nitriles is 1. The van der Waals surface area contributed by atoms with Crippen LogP contribution in [0.3, 0.4) is 0 Å². The molecule has 1 aliphatic heterocycles. The van der Waals surface area contributed by atoms with Gasteiger partial charge in [-0.25, -0.2) is 0 Å². The average Bonchev–Trinajstić information content (AvgIpc) is 2.30. The van der Waals surface area contributed by atoms with Crippen molar-refractivity contribution in [1.82, 2.24) is 4.90 Å². The third-order valence-corrected chi connectivity index (χ3v) is 3.79. The highest BCUT2D eigenvalue weighted by Gasteiger charge is 2.34. The third-order valence-electron chi connectivity index (χ3n) is 3.79. The molecule has 1 aromatic rings. The summed E-state index contributed by atoms with van der Waals surface area (Å²) in [6.07, 6.45) is 5.69. The van der Waals surface area contributed by atoms with Gasteiger partial charge in [0.15, 0.2) is 6.19 Å². The number of hydrogen-bond donors (Lipinski definition) is 0. The van der Waals surface area contributed by atoms with Crippen LogP contribution in [0.4, 0.5) is 0 Å². The minimum absolute atomic E-state index is 0.462. The van der Waals surface area contributed by atoms with Crippen LogP contribution in [0.5, 0.6) is 0 Å². The van der Waals surface area contributed by atoms with Crippen molar-refractivity contribution in [2.45, 2.75) is 31.2 Å². The maximum atomic E-state index is 9.03. The van der Waals surface area contributed by atoms with Crippen LogP contribution in [-0.2, 0) is 6.42 Å². The summed E-state index contributed by atoms with van der Waals surface area (Å²) in [5.74, 6) is 0.699. The lowest BCUT2D eigenvalue weighted by atomic mass is 9.75. The zero-order valence-electron chi connectivity index (χ0n) is 8.69. The Kier molecular flexibility index (Phi) is 1.92. The van der Waals surface area contributed by atoms with E-state index in [1.54, 1.807) is 0 Å². The normalized spacial score (nSPS) is 28.1. The van der Waals surface area contributed by atoms with Crippen LogP contribution in [0.15, 0.2) is 24.3 Å². The van der Waals surface area contributed by atoms with Gasteiger partial charge in [-0.15, -0.1) is 0 Å². The van der Waals surface area contributed by atoms with Gasteiger partial charge in [0.2, 0.25) is 0 Å². The molecule has 0 unspecified atom stereocenters. The van der Waals surface area contributed by atoms with Gasteiger partial charge >= 0.3 is 0 Å². The zero-order valence-corrected chi connectivity index (χ0v) is 8.69. The largest absolute Gasteiger partial charge is 0.307 e. The first-order chi connectivity index (χ1) is 7.38. The van der Waals surface area contributed by atoms with Crippen molar-refractivity contribution in [2.75, 3.05) is 6.54 Å². The van der Waals surface area contributed by atoms with Gasteiger partial charge in [0, 0.05) is 12.6 Å². The molecule has 1 fully saturated rings. The minimum Gasteiger partial charge on any atom is -0.307 e. The summed E-state index contributed by atoms with van der Waals surface area (Å²) in [5, 5.41) is 9.03.